The Hall–Kier alpha value is -1.90. The highest BCUT2D eigenvalue weighted by molar-refractivity contribution is 5.49. The first-order valence-corrected chi connectivity index (χ1v) is 5.31. The molecule has 0 radical (unpaired) electrons. The number of nitrogens with one attached hydrogen (secondary N) is 2. The van der Waals surface area contributed by atoms with Gasteiger partial charge in [0.25, 0.3) is 0 Å². The van der Waals surface area contributed by atoms with E-state index in [1.807, 2.05) is 31.2 Å². The Labute approximate surface area is 95.5 Å². The summed E-state index contributed by atoms with van der Waals surface area (Å²) in [5.41, 5.74) is 4.49. The van der Waals surface area contributed by atoms with E-state index in [4.69, 9.17) is 4.42 Å². The molecule has 0 bridgehead atoms. The first-order chi connectivity index (χ1) is 7.66. The van der Waals surface area contributed by atoms with Gasteiger partial charge in [-0.2, -0.15) is 0 Å². The van der Waals surface area contributed by atoms with Crippen molar-refractivity contribution < 1.29 is 4.42 Å². The van der Waals surface area contributed by atoms with Gasteiger partial charge in [0.05, 0.1) is 12.0 Å². The maximum atomic E-state index is 5.24. The predicted molar refractivity (Wildman–Crippen MR) is 65.1 cm³/mol. The number of hydrogen-bond donors (Lipinski definition) is 2. The van der Waals surface area contributed by atoms with Crippen LogP contribution in [-0.2, 0) is 0 Å². The lowest BCUT2D eigenvalue weighted by atomic mass is 10.2. The van der Waals surface area contributed by atoms with Gasteiger partial charge in [-0.05, 0) is 45.1 Å². The van der Waals surface area contributed by atoms with Gasteiger partial charge in [0, 0.05) is 17.1 Å². The van der Waals surface area contributed by atoms with E-state index in [1.165, 1.54) is 0 Å². The zero-order valence-electron chi connectivity index (χ0n) is 9.79. The fourth-order valence-corrected chi connectivity index (χ4v) is 1.55. The fraction of sp³-hybridized carbons (Fsp3) is 0.231. The third-order valence-electron chi connectivity index (χ3n) is 2.62. The Balaban J connectivity index is 2.14. The van der Waals surface area contributed by atoms with Crippen molar-refractivity contribution in [2.75, 3.05) is 0 Å². The largest absolute Gasteiger partial charge is 0.465 e. The second-order valence-electron chi connectivity index (χ2n) is 3.89. The summed E-state index contributed by atoms with van der Waals surface area (Å²) in [4.78, 5) is 0. The molecule has 3 nitrogen and oxygen atoms in total. The highest BCUT2D eigenvalue weighted by Gasteiger charge is 2.08. The molecule has 84 valence electrons. The average molecular weight is 216 g/mol. The molecule has 0 saturated heterocycles. The van der Waals surface area contributed by atoms with Crippen LogP contribution in [0.5, 0.6) is 0 Å². The van der Waals surface area contributed by atoms with Gasteiger partial charge in [-0.3, -0.25) is 0 Å². The van der Waals surface area contributed by atoms with Crippen molar-refractivity contribution in [1.82, 2.24) is 10.6 Å². The van der Waals surface area contributed by atoms with E-state index in [-0.39, 0.29) is 0 Å². The minimum atomic E-state index is 0.853. The molecular weight excluding hydrogens is 200 g/mol. The Kier molecular flexibility index (Phi) is 2.86. The molecule has 2 N–H and O–H groups in total. The van der Waals surface area contributed by atoms with Crippen LogP contribution in [0.15, 0.2) is 51.7 Å². The van der Waals surface area contributed by atoms with Crippen molar-refractivity contribution in [3.05, 3.63) is 53.0 Å². The molecular formula is C13H16N2O. The van der Waals surface area contributed by atoms with E-state index >= 15 is 0 Å². The maximum Gasteiger partial charge on any atom is 0.126 e. The summed E-state index contributed by atoms with van der Waals surface area (Å²) in [6.45, 7) is 6.15. The highest BCUT2D eigenvalue weighted by Crippen LogP contribution is 2.14. The molecule has 0 aromatic carbocycles. The van der Waals surface area contributed by atoms with Crippen LogP contribution in [0.25, 0.3) is 6.08 Å². The van der Waals surface area contributed by atoms with E-state index in [9.17, 15) is 0 Å². The molecule has 2 heterocycles. The lowest BCUT2D eigenvalue weighted by molar-refractivity contribution is 0.557. The molecule has 1 aliphatic rings. The van der Waals surface area contributed by atoms with Gasteiger partial charge in [0.15, 0.2) is 0 Å². The van der Waals surface area contributed by atoms with Crippen LogP contribution in [0, 0.1) is 0 Å². The number of furan rings is 1. The molecule has 3 heteroatoms. The Bertz CT molecular complexity index is 464. The topological polar surface area (TPSA) is 37.2 Å². The molecule has 2 rings (SSSR count). The van der Waals surface area contributed by atoms with Crippen molar-refractivity contribution in [3.63, 3.8) is 0 Å². The normalized spacial score (nSPS) is 16.7. The molecule has 0 aliphatic carbocycles. The van der Waals surface area contributed by atoms with E-state index in [1.54, 1.807) is 6.26 Å². The van der Waals surface area contributed by atoms with Crippen LogP contribution in [0.4, 0.5) is 0 Å². The van der Waals surface area contributed by atoms with Crippen molar-refractivity contribution in [1.29, 1.82) is 0 Å². The van der Waals surface area contributed by atoms with Crippen LogP contribution in [0.1, 0.15) is 26.5 Å². The number of hydrogen-bond acceptors (Lipinski definition) is 3. The zero-order valence-corrected chi connectivity index (χ0v) is 9.79. The Morgan fingerprint density at radius 1 is 1.00 bits per heavy atom. The summed E-state index contributed by atoms with van der Waals surface area (Å²) >= 11 is 0. The molecule has 0 spiro atoms. The lowest BCUT2D eigenvalue weighted by Gasteiger charge is -2.22. The van der Waals surface area contributed by atoms with Crippen molar-refractivity contribution in [2.24, 2.45) is 0 Å². The number of allylic oxidation sites excluding steroid dienone is 4. The monoisotopic (exact) mass is 216 g/mol. The third kappa shape index (κ3) is 2.19. The average Bonchev–Trinajstić information content (AvgIpc) is 2.74. The molecule has 0 saturated carbocycles. The molecule has 16 heavy (non-hydrogen) atoms. The van der Waals surface area contributed by atoms with Crippen LogP contribution in [0.2, 0.25) is 0 Å². The highest BCUT2D eigenvalue weighted by atomic mass is 16.3. The van der Waals surface area contributed by atoms with Crippen LogP contribution in [-0.4, -0.2) is 0 Å². The lowest BCUT2D eigenvalue weighted by Crippen LogP contribution is -2.26. The minimum Gasteiger partial charge on any atom is -0.465 e. The van der Waals surface area contributed by atoms with E-state index < -0.39 is 0 Å². The van der Waals surface area contributed by atoms with Crippen LogP contribution < -0.4 is 10.6 Å². The van der Waals surface area contributed by atoms with Crippen molar-refractivity contribution in [2.45, 2.75) is 20.8 Å². The molecule has 0 amide bonds. The van der Waals surface area contributed by atoms with Gasteiger partial charge in [0.1, 0.15) is 5.76 Å². The van der Waals surface area contributed by atoms with Crippen LogP contribution >= 0.6 is 0 Å². The van der Waals surface area contributed by atoms with E-state index in [2.05, 4.69) is 24.5 Å². The zero-order chi connectivity index (χ0) is 11.5. The van der Waals surface area contributed by atoms with Gasteiger partial charge in [-0.1, -0.05) is 0 Å². The fourth-order valence-electron chi connectivity index (χ4n) is 1.55. The van der Waals surface area contributed by atoms with Gasteiger partial charge < -0.3 is 15.1 Å². The summed E-state index contributed by atoms with van der Waals surface area (Å²) in [7, 11) is 0. The Morgan fingerprint density at radius 2 is 1.75 bits per heavy atom. The summed E-state index contributed by atoms with van der Waals surface area (Å²) < 4.78 is 5.24. The Morgan fingerprint density at radius 3 is 2.44 bits per heavy atom. The summed E-state index contributed by atoms with van der Waals surface area (Å²) in [6.07, 6.45) is 5.63. The molecule has 1 aliphatic heterocycles. The molecule has 1 aromatic rings. The molecule has 1 aromatic heterocycles. The second kappa shape index (κ2) is 4.31. The standard InChI is InChI=1S/C13H16N2O/c1-9-10(2)15-13(11(3)14-9)7-6-12-5-4-8-16-12/h4-8,14-15H,1-3H3/b7-6+. The summed E-state index contributed by atoms with van der Waals surface area (Å²) in [5.74, 6) is 0.853. The van der Waals surface area contributed by atoms with Crippen molar-refractivity contribution in [3.8, 4) is 0 Å². The minimum absolute atomic E-state index is 0.853. The second-order valence-corrected chi connectivity index (χ2v) is 3.89. The smallest absolute Gasteiger partial charge is 0.126 e. The predicted octanol–water partition coefficient (Wildman–Crippen LogP) is 2.97. The van der Waals surface area contributed by atoms with Gasteiger partial charge >= 0.3 is 0 Å². The SMILES string of the molecule is CC1=C(C)NC(/C=C/c2ccco2)=C(C)N1. The third-order valence-corrected chi connectivity index (χ3v) is 2.62. The molecule has 0 fully saturated rings. The van der Waals surface area contributed by atoms with E-state index in [0.29, 0.717) is 0 Å². The first-order valence-electron chi connectivity index (χ1n) is 5.31. The quantitative estimate of drug-likeness (QED) is 0.798. The van der Waals surface area contributed by atoms with Gasteiger partial charge in [0.2, 0.25) is 0 Å². The van der Waals surface area contributed by atoms with Gasteiger partial charge in [-0.25, -0.2) is 0 Å². The van der Waals surface area contributed by atoms with Gasteiger partial charge in [-0.15, -0.1) is 0 Å². The summed E-state index contributed by atoms with van der Waals surface area (Å²) in [5, 5.41) is 6.67. The summed E-state index contributed by atoms with van der Waals surface area (Å²) in [6, 6.07) is 3.80. The molecule has 0 atom stereocenters. The maximum absolute atomic E-state index is 5.24. The first kappa shape index (κ1) is 10.6. The van der Waals surface area contributed by atoms with Crippen LogP contribution in [0.3, 0.4) is 0 Å². The number of rotatable bonds is 2. The molecule has 0 unspecified atom stereocenters. The van der Waals surface area contributed by atoms with E-state index in [0.717, 1.165) is 28.5 Å². The van der Waals surface area contributed by atoms with Crippen molar-refractivity contribution >= 4 is 6.08 Å².